The number of nitrogens with zero attached hydrogens (tertiary/aromatic N) is 5. The van der Waals surface area contributed by atoms with E-state index < -0.39 is 16.9 Å². The number of aryl methyl sites for hydroxylation is 1. The molecule has 2 aromatic rings. The van der Waals surface area contributed by atoms with E-state index >= 15 is 0 Å². The molecule has 2 atom stereocenters. The minimum Gasteiger partial charge on any atom is -0.601 e. The van der Waals surface area contributed by atoms with Crippen molar-refractivity contribution in [1.82, 2.24) is 19.5 Å². The van der Waals surface area contributed by atoms with E-state index in [9.17, 15) is 19.9 Å². The molecule has 0 bridgehead atoms. The van der Waals surface area contributed by atoms with Gasteiger partial charge in [-0.1, -0.05) is 30.3 Å². The van der Waals surface area contributed by atoms with Gasteiger partial charge >= 0.3 is 12.1 Å². The molecule has 0 radical (unpaired) electrons. The van der Waals surface area contributed by atoms with Crippen molar-refractivity contribution >= 4 is 12.1 Å². The highest BCUT2D eigenvalue weighted by atomic mass is 16.7. The summed E-state index contributed by atoms with van der Waals surface area (Å²) in [6.45, 7) is 4.58. The van der Waals surface area contributed by atoms with Gasteiger partial charge in [0, 0.05) is 11.6 Å². The summed E-state index contributed by atoms with van der Waals surface area (Å²) in [4.78, 5) is 30.7. The number of hydroxylamine groups is 2. The number of carbonyl (C=O) groups excluding carboxylic acids is 1. The summed E-state index contributed by atoms with van der Waals surface area (Å²) in [6, 6.07) is 8.11. The van der Waals surface area contributed by atoms with Crippen molar-refractivity contribution in [2.45, 2.75) is 45.3 Å². The van der Waals surface area contributed by atoms with Crippen LogP contribution in [0, 0.1) is 12.1 Å². The van der Waals surface area contributed by atoms with Crippen LogP contribution in [0.1, 0.15) is 42.9 Å². The SMILES string of the molecule is Cc1ncc2n1C(=O)N(C1CCN([N+]([O-])(C(=O)O)C(C)c3ccccc3)CC1)C2. The number of carbonyl (C=O) groups is 2. The fourth-order valence-corrected chi connectivity index (χ4v) is 4.45. The molecule has 1 aromatic carbocycles. The lowest BCUT2D eigenvalue weighted by Crippen LogP contribution is -2.63. The molecule has 2 amide bonds. The molecular formula is C20H25N5O4. The summed E-state index contributed by atoms with van der Waals surface area (Å²) >= 11 is 0. The molecule has 1 N–H and O–H groups in total. The van der Waals surface area contributed by atoms with E-state index in [0.717, 1.165) is 5.69 Å². The predicted octanol–water partition coefficient (Wildman–Crippen LogP) is 3.11. The van der Waals surface area contributed by atoms with Gasteiger partial charge in [-0.15, -0.1) is 5.01 Å². The maximum Gasteiger partial charge on any atom is 0.534 e. The number of carboxylic acid groups (broad SMARTS) is 1. The van der Waals surface area contributed by atoms with Gasteiger partial charge in [-0.25, -0.2) is 9.78 Å². The lowest BCUT2D eigenvalue weighted by Gasteiger charge is -2.50. The van der Waals surface area contributed by atoms with E-state index in [2.05, 4.69) is 4.98 Å². The molecule has 154 valence electrons. The summed E-state index contributed by atoms with van der Waals surface area (Å²) in [6.07, 6.45) is 1.41. The highest BCUT2D eigenvalue weighted by Gasteiger charge is 2.45. The Balaban J connectivity index is 1.48. The van der Waals surface area contributed by atoms with Crippen molar-refractivity contribution < 1.29 is 19.5 Å². The number of aromatic nitrogens is 2. The molecule has 1 aromatic heterocycles. The van der Waals surface area contributed by atoms with Gasteiger partial charge in [0.15, 0.2) is 0 Å². The quantitative estimate of drug-likeness (QED) is 0.626. The summed E-state index contributed by atoms with van der Waals surface area (Å²) in [5.41, 5.74) is 1.55. The number of benzene rings is 1. The van der Waals surface area contributed by atoms with E-state index in [1.165, 1.54) is 5.01 Å². The standard InChI is InChI=1S/C20H25N5O4/c1-14(16-6-4-3-5-7-16)25(29,20(27)28)22-10-8-17(9-11-22)23-13-18-12-21-15(2)24(18)19(23)26/h3-7,12,14,17H,8-11,13H2,1-2H3,(H,27,28). The minimum atomic E-state index is -1.44. The number of hydrogen-bond donors (Lipinski definition) is 1. The molecule has 0 aliphatic carbocycles. The molecule has 3 heterocycles. The van der Waals surface area contributed by atoms with Crippen LogP contribution >= 0.6 is 0 Å². The van der Waals surface area contributed by atoms with E-state index in [-0.39, 0.29) is 12.1 Å². The fourth-order valence-electron chi connectivity index (χ4n) is 4.45. The van der Waals surface area contributed by atoms with E-state index in [4.69, 9.17) is 0 Å². The highest BCUT2D eigenvalue weighted by molar-refractivity contribution is 5.81. The van der Waals surface area contributed by atoms with Crippen LogP contribution in [0.4, 0.5) is 9.59 Å². The maximum absolute atomic E-state index is 13.5. The molecule has 0 spiro atoms. The van der Waals surface area contributed by atoms with Gasteiger partial charge in [-0.05, 0) is 26.7 Å². The zero-order chi connectivity index (χ0) is 20.8. The van der Waals surface area contributed by atoms with E-state index in [1.807, 2.05) is 11.0 Å². The van der Waals surface area contributed by atoms with E-state index in [1.54, 1.807) is 48.9 Å². The van der Waals surface area contributed by atoms with Crippen LogP contribution < -0.4 is 0 Å². The van der Waals surface area contributed by atoms with Gasteiger partial charge in [-0.2, -0.15) is 9.55 Å². The van der Waals surface area contributed by atoms with Crippen LogP contribution in [0.3, 0.4) is 0 Å². The number of hydrogen-bond acceptors (Lipinski definition) is 5. The normalized spacial score (nSPS) is 21.1. The Morgan fingerprint density at radius 1 is 1.28 bits per heavy atom. The lowest BCUT2D eigenvalue weighted by atomic mass is 10.0. The third-order valence-electron chi connectivity index (χ3n) is 6.16. The first kappa shape index (κ1) is 19.6. The number of amides is 2. The monoisotopic (exact) mass is 399 g/mol. The Morgan fingerprint density at radius 3 is 2.52 bits per heavy atom. The summed E-state index contributed by atoms with van der Waals surface area (Å²) in [5.74, 6) is 0.669. The van der Waals surface area contributed by atoms with Gasteiger partial charge in [0.05, 0.1) is 31.5 Å². The van der Waals surface area contributed by atoms with Gasteiger partial charge in [-0.3, -0.25) is 4.57 Å². The second-order valence-electron chi connectivity index (χ2n) is 7.72. The van der Waals surface area contributed by atoms with Crippen molar-refractivity contribution in [3.8, 4) is 0 Å². The topological polar surface area (TPSA) is 102 Å². The molecule has 2 aliphatic heterocycles. The third kappa shape index (κ3) is 3.11. The first-order valence-electron chi connectivity index (χ1n) is 9.81. The highest BCUT2D eigenvalue weighted by Crippen LogP contribution is 2.34. The van der Waals surface area contributed by atoms with Crippen LogP contribution in [0.25, 0.3) is 0 Å². The van der Waals surface area contributed by atoms with Crippen molar-refractivity contribution in [1.29, 1.82) is 0 Å². The molecular weight excluding hydrogens is 374 g/mol. The molecule has 4 rings (SSSR count). The van der Waals surface area contributed by atoms with Gasteiger partial charge < -0.3 is 15.2 Å². The Labute approximate surface area is 168 Å². The molecule has 29 heavy (non-hydrogen) atoms. The number of quaternary nitrogens is 1. The molecule has 2 aliphatic rings. The molecule has 9 nitrogen and oxygen atoms in total. The average Bonchev–Trinajstić information content (AvgIpc) is 3.27. The largest absolute Gasteiger partial charge is 0.601 e. The number of piperidine rings is 1. The molecule has 1 saturated heterocycles. The molecule has 2 unspecified atom stereocenters. The van der Waals surface area contributed by atoms with Crippen molar-refractivity contribution in [2.24, 2.45) is 0 Å². The molecule has 0 saturated carbocycles. The van der Waals surface area contributed by atoms with Crippen LogP contribution in [0.5, 0.6) is 0 Å². The number of fused-ring (bicyclic) bond motifs is 1. The molecule has 1 fully saturated rings. The van der Waals surface area contributed by atoms with Gasteiger partial charge in [0.2, 0.25) is 0 Å². The zero-order valence-electron chi connectivity index (χ0n) is 16.6. The first-order chi connectivity index (χ1) is 13.8. The lowest BCUT2D eigenvalue weighted by molar-refractivity contribution is -0.956. The summed E-state index contributed by atoms with van der Waals surface area (Å²) < 4.78 is 0.183. The zero-order valence-corrected chi connectivity index (χ0v) is 16.6. The maximum atomic E-state index is 13.5. The Bertz CT molecular complexity index is 922. The molecule has 9 heteroatoms. The number of imidazole rings is 1. The third-order valence-corrected chi connectivity index (χ3v) is 6.16. The first-order valence-corrected chi connectivity index (χ1v) is 9.81. The van der Waals surface area contributed by atoms with Crippen molar-refractivity contribution in [2.75, 3.05) is 13.1 Å². The van der Waals surface area contributed by atoms with Crippen LogP contribution in [-0.2, 0) is 6.54 Å². The summed E-state index contributed by atoms with van der Waals surface area (Å²) in [5, 5.41) is 24.8. The second-order valence-corrected chi connectivity index (χ2v) is 7.72. The van der Waals surface area contributed by atoms with Crippen molar-refractivity contribution in [3.63, 3.8) is 0 Å². The number of rotatable bonds is 4. The van der Waals surface area contributed by atoms with E-state index in [0.29, 0.717) is 43.9 Å². The average molecular weight is 399 g/mol. The van der Waals surface area contributed by atoms with Gasteiger partial charge in [0.1, 0.15) is 11.9 Å². The van der Waals surface area contributed by atoms with Gasteiger partial charge in [0.25, 0.3) is 0 Å². The van der Waals surface area contributed by atoms with Crippen LogP contribution in [0.2, 0.25) is 0 Å². The van der Waals surface area contributed by atoms with Crippen molar-refractivity contribution in [3.05, 3.63) is 58.8 Å². The van der Waals surface area contributed by atoms with Crippen LogP contribution in [0.15, 0.2) is 36.5 Å². The predicted molar refractivity (Wildman–Crippen MR) is 104 cm³/mol. The fraction of sp³-hybridized carbons (Fsp3) is 0.450. The Morgan fingerprint density at radius 2 is 1.93 bits per heavy atom. The summed E-state index contributed by atoms with van der Waals surface area (Å²) in [7, 11) is 0. The minimum absolute atomic E-state index is 0.0210. The second kappa shape index (κ2) is 7.25. The smallest absolute Gasteiger partial charge is 0.534 e. The van der Waals surface area contributed by atoms with Crippen LogP contribution in [-0.4, -0.2) is 60.6 Å². The Hall–Kier alpha value is -2.75. The Kier molecular flexibility index (Phi) is 4.89.